The molecule has 2 aromatic rings. The molecule has 0 radical (unpaired) electrons. The Morgan fingerprint density at radius 3 is 2.82 bits per heavy atom. The molecule has 6 heteroatoms. The van der Waals surface area contributed by atoms with Crippen molar-refractivity contribution < 1.29 is 14.4 Å². The molecule has 0 aliphatic rings. The van der Waals surface area contributed by atoms with Gasteiger partial charge in [-0.1, -0.05) is 0 Å². The third-order valence-electron chi connectivity index (χ3n) is 2.37. The van der Waals surface area contributed by atoms with Crippen LogP contribution in [0.2, 0.25) is 0 Å². The van der Waals surface area contributed by atoms with Crippen molar-refractivity contribution in [3.05, 3.63) is 38.8 Å². The van der Waals surface area contributed by atoms with Gasteiger partial charge in [-0.2, -0.15) is 0 Å². The predicted molar refractivity (Wildman–Crippen MR) is 68.4 cm³/mol. The van der Waals surface area contributed by atoms with Gasteiger partial charge >= 0.3 is 0 Å². The largest absolute Gasteiger partial charge is 0.293 e. The van der Waals surface area contributed by atoms with Gasteiger partial charge in [0.2, 0.25) is 0 Å². The maximum Gasteiger partial charge on any atom is 0.293 e. The van der Waals surface area contributed by atoms with Gasteiger partial charge in [0.25, 0.3) is 5.91 Å². The van der Waals surface area contributed by atoms with E-state index in [2.05, 4.69) is 4.98 Å². The van der Waals surface area contributed by atoms with Crippen LogP contribution in [-0.2, 0) is 0 Å². The summed E-state index contributed by atoms with van der Waals surface area (Å²) in [6.45, 7) is 1.76. The molecule has 0 atom stereocenters. The van der Waals surface area contributed by atoms with Gasteiger partial charge in [0.15, 0.2) is 5.82 Å². The van der Waals surface area contributed by atoms with Gasteiger partial charge in [-0.3, -0.25) is 10.0 Å². The molecule has 1 heterocycles. The van der Waals surface area contributed by atoms with E-state index in [0.717, 1.165) is 9.13 Å². The fourth-order valence-electron chi connectivity index (χ4n) is 1.59. The number of pyridine rings is 1. The van der Waals surface area contributed by atoms with E-state index in [4.69, 9.17) is 5.21 Å². The number of benzene rings is 1. The number of halogens is 2. The van der Waals surface area contributed by atoms with Crippen molar-refractivity contribution in [1.82, 2.24) is 10.5 Å². The second-order valence-electron chi connectivity index (χ2n) is 3.55. The number of hydrogen-bond donors (Lipinski definition) is 2. The molecule has 17 heavy (non-hydrogen) atoms. The van der Waals surface area contributed by atoms with Gasteiger partial charge < -0.3 is 0 Å². The number of hydroxylamine groups is 1. The zero-order chi connectivity index (χ0) is 12.6. The second kappa shape index (κ2) is 4.53. The highest BCUT2D eigenvalue weighted by molar-refractivity contribution is 14.1. The zero-order valence-electron chi connectivity index (χ0n) is 8.79. The van der Waals surface area contributed by atoms with Crippen LogP contribution in [0.25, 0.3) is 10.9 Å². The molecule has 0 saturated heterocycles. The molecule has 0 fully saturated rings. The van der Waals surface area contributed by atoms with Crippen molar-refractivity contribution in [3.8, 4) is 0 Å². The van der Waals surface area contributed by atoms with Crippen molar-refractivity contribution >= 4 is 39.4 Å². The number of amides is 1. The van der Waals surface area contributed by atoms with E-state index >= 15 is 0 Å². The van der Waals surface area contributed by atoms with Gasteiger partial charge in [0, 0.05) is 8.96 Å². The van der Waals surface area contributed by atoms with Crippen LogP contribution in [0.15, 0.2) is 18.2 Å². The Morgan fingerprint density at radius 2 is 2.18 bits per heavy atom. The van der Waals surface area contributed by atoms with E-state index in [9.17, 15) is 9.18 Å². The first kappa shape index (κ1) is 12.2. The summed E-state index contributed by atoms with van der Waals surface area (Å²) in [5.41, 5.74) is 2.32. The SMILES string of the molecule is Cc1cc(C(=O)NO)nc2c(F)cc(I)cc12. The fourth-order valence-corrected chi connectivity index (χ4v) is 2.17. The van der Waals surface area contributed by atoms with E-state index < -0.39 is 11.7 Å². The Bertz CT molecular complexity index is 616. The van der Waals surface area contributed by atoms with Crippen LogP contribution in [-0.4, -0.2) is 16.1 Å². The standard InChI is InChI=1S/C11H8FIN2O2/c1-5-2-9(11(16)15-17)14-10-7(5)3-6(13)4-8(10)12/h2-4,17H,1H3,(H,15,16). The molecule has 0 bridgehead atoms. The van der Waals surface area contributed by atoms with Gasteiger partial charge in [0.1, 0.15) is 11.2 Å². The molecular weight excluding hydrogens is 338 g/mol. The lowest BCUT2D eigenvalue weighted by Crippen LogP contribution is -2.20. The third kappa shape index (κ3) is 2.22. The maximum absolute atomic E-state index is 13.7. The lowest BCUT2D eigenvalue weighted by atomic mass is 10.1. The van der Waals surface area contributed by atoms with Gasteiger partial charge in [0.05, 0.1) is 0 Å². The van der Waals surface area contributed by atoms with Crippen LogP contribution in [0.5, 0.6) is 0 Å². The second-order valence-corrected chi connectivity index (χ2v) is 4.79. The number of fused-ring (bicyclic) bond motifs is 1. The van der Waals surface area contributed by atoms with Crippen molar-refractivity contribution in [1.29, 1.82) is 0 Å². The minimum Gasteiger partial charge on any atom is -0.288 e. The van der Waals surface area contributed by atoms with E-state index in [1.54, 1.807) is 13.0 Å². The minimum atomic E-state index is -0.757. The quantitative estimate of drug-likeness (QED) is 0.474. The average molecular weight is 346 g/mol. The molecule has 2 rings (SSSR count). The summed E-state index contributed by atoms with van der Waals surface area (Å²) in [6, 6.07) is 4.64. The Labute approximate surface area is 110 Å². The summed E-state index contributed by atoms with van der Waals surface area (Å²) in [4.78, 5) is 15.1. The summed E-state index contributed by atoms with van der Waals surface area (Å²) >= 11 is 2.01. The molecule has 4 nitrogen and oxygen atoms in total. The van der Waals surface area contributed by atoms with Gasteiger partial charge in [-0.15, -0.1) is 0 Å². The molecule has 2 N–H and O–H groups in total. The van der Waals surface area contributed by atoms with E-state index in [1.807, 2.05) is 22.6 Å². The summed E-state index contributed by atoms with van der Waals surface area (Å²) in [5.74, 6) is -1.24. The number of carbonyl (C=O) groups excluding carboxylic acids is 1. The predicted octanol–water partition coefficient (Wildman–Crippen LogP) is 2.41. The van der Waals surface area contributed by atoms with Gasteiger partial charge in [-0.05, 0) is 53.3 Å². The highest BCUT2D eigenvalue weighted by atomic mass is 127. The molecule has 0 spiro atoms. The molecule has 0 aliphatic carbocycles. The molecule has 0 saturated carbocycles. The Morgan fingerprint density at radius 1 is 1.47 bits per heavy atom. The van der Waals surface area contributed by atoms with Gasteiger partial charge in [-0.25, -0.2) is 14.9 Å². The maximum atomic E-state index is 13.7. The molecule has 1 amide bonds. The van der Waals surface area contributed by atoms with E-state index in [0.29, 0.717) is 5.39 Å². The van der Waals surface area contributed by atoms with Crippen molar-refractivity contribution in [3.63, 3.8) is 0 Å². The normalized spacial score (nSPS) is 10.6. The minimum absolute atomic E-state index is 0.0161. The first-order chi connectivity index (χ1) is 8.02. The number of aromatic nitrogens is 1. The molecular formula is C11H8FIN2O2. The summed E-state index contributed by atoms with van der Waals surface area (Å²) in [7, 11) is 0. The molecule has 0 unspecified atom stereocenters. The number of hydrogen-bond acceptors (Lipinski definition) is 3. The molecule has 1 aromatic heterocycles. The first-order valence-electron chi connectivity index (χ1n) is 4.73. The van der Waals surface area contributed by atoms with Crippen LogP contribution in [0.1, 0.15) is 16.1 Å². The summed E-state index contributed by atoms with van der Waals surface area (Å²) in [5, 5.41) is 9.19. The van der Waals surface area contributed by atoms with Crippen molar-refractivity contribution in [2.24, 2.45) is 0 Å². The van der Waals surface area contributed by atoms with Crippen LogP contribution >= 0.6 is 22.6 Å². The fraction of sp³-hybridized carbons (Fsp3) is 0.0909. The first-order valence-corrected chi connectivity index (χ1v) is 5.81. The number of aryl methyl sites for hydroxylation is 1. The Balaban J connectivity index is 2.77. The third-order valence-corrected chi connectivity index (χ3v) is 3.00. The van der Waals surface area contributed by atoms with Crippen LogP contribution in [0.3, 0.4) is 0 Å². The van der Waals surface area contributed by atoms with E-state index in [-0.39, 0.29) is 11.2 Å². The number of rotatable bonds is 1. The molecule has 1 aromatic carbocycles. The Kier molecular flexibility index (Phi) is 3.25. The average Bonchev–Trinajstić information content (AvgIpc) is 2.29. The topological polar surface area (TPSA) is 62.2 Å². The highest BCUT2D eigenvalue weighted by Gasteiger charge is 2.12. The van der Waals surface area contributed by atoms with Crippen molar-refractivity contribution in [2.45, 2.75) is 6.92 Å². The van der Waals surface area contributed by atoms with Crippen LogP contribution in [0, 0.1) is 16.3 Å². The number of nitrogens with one attached hydrogen (secondary N) is 1. The summed E-state index contributed by atoms with van der Waals surface area (Å²) in [6.07, 6.45) is 0. The van der Waals surface area contributed by atoms with Crippen molar-refractivity contribution in [2.75, 3.05) is 0 Å². The highest BCUT2D eigenvalue weighted by Crippen LogP contribution is 2.23. The zero-order valence-corrected chi connectivity index (χ0v) is 10.9. The lowest BCUT2D eigenvalue weighted by molar-refractivity contribution is 0.0701. The Hall–Kier alpha value is -1.28. The lowest BCUT2D eigenvalue weighted by Gasteiger charge is -2.06. The molecule has 88 valence electrons. The summed E-state index contributed by atoms with van der Waals surface area (Å²) < 4.78 is 14.5. The van der Waals surface area contributed by atoms with E-state index in [1.165, 1.54) is 17.6 Å². The van der Waals surface area contributed by atoms with Crippen LogP contribution < -0.4 is 5.48 Å². The monoisotopic (exact) mass is 346 g/mol. The smallest absolute Gasteiger partial charge is 0.288 e. The number of carbonyl (C=O) groups is 1. The number of nitrogens with zero attached hydrogens (tertiary/aromatic N) is 1. The molecule has 0 aliphatic heterocycles. The van der Waals surface area contributed by atoms with Crippen LogP contribution in [0.4, 0.5) is 4.39 Å².